The van der Waals surface area contributed by atoms with Gasteiger partial charge in [-0.15, -0.1) is 0 Å². The lowest BCUT2D eigenvalue weighted by atomic mass is 10.0. The molecular formula is C48H29ClN6O7. The summed E-state index contributed by atoms with van der Waals surface area (Å²) >= 11 is 6.36. The molecule has 6 aromatic carbocycles. The van der Waals surface area contributed by atoms with E-state index < -0.39 is 15.3 Å². The molecule has 8 aromatic rings. The Kier molecular flexibility index (Phi) is 12.5. The largest absolute Gasteiger partial charge is 0.457 e. The standard InChI is InChI=1S/C24H14ClN3O3.C24H15N3O4/c25-22-14-23(16-6-10-18(11-7-16)28(29)30)27-24(21(22)15-26)17-8-12-20(13-9-17)31-19-4-2-1-3-5-19;25-15-21-23(28)14-22(16-6-10-18(11-7-16)27(29)30)26-24(21)17-8-12-20(13-9-17)31-19-4-2-1-3-5-19/h1-14H;1-14H,(H,26,28). The van der Waals surface area contributed by atoms with Crippen molar-refractivity contribution in [1.82, 2.24) is 9.97 Å². The number of nitro benzene ring substituents is 2. The summed E-state index contributed by atoms with van der Waals surface area (Å²) in [5.41, 5.74) is 4.09. The maximum absolute atomic E-state index is 12.5. The molecular weight excluding hydrogens is 808 g/mol. The average molecular weight is 837 g/mol. The van der Waals surface area contributed by atoms with Crippen LogP contribution in [-0.2, 0) is 0 Å². The quantitative estimate of drug-likeness (QED) is 0.102. The summed E-state index contributed by atoms with van der Waals surface area (Å²) in [7, 11) is 0. The lowest BCUT2D eigenvalue weighted by Gasteiger charge is -2.10. The van der Waals surface area contributed by atoms with Gasteiger partial charge in [-0.2, -0.15) is 10.5 Å². The van der Waals surface area contributed by atoms with Crippen LogP contribution in [0.25, 0.3) is 45.0 Å². The molecule has 0 radical (unpaired) electrons. The number of benzene rings is 6. The third kappa shape index (κ3) is 9.68. The average Bonchev–Trinajstić information content (AvgIpc) is 3.30. The molecule has 14 heteroatoms. The number of para-hydroxylation sites is 2. The highest BCUT2D eigenvalue weighted by Crippen LogP contribution is 2.34. The number of halogens is 1. The molecule has 0 aliphatic heterocycles. The van der Waals surface area contributed by atoms with E-state index in [0.29, 0.717) is 68.0 Å². The topological polar surface area (TPSA) is 198 Å². The van der Waals surface area contributed by atoms with Crippen LogP contribution in [-0.4, -0.2) is 19.8 Å². The Labute approximate surface area is 358 Å². The number of H-pyrrole nitrogens is 1. The van der Waals surface area contributed by atoms with E-state index in [2.05, 4.69) is 16.0 Å². The molecule has 13 nitrogen and oxygen atoms in total. The second kappa shape index (κ2) is 18.8. The number of nitrogens with one attached hydrogen (secondary N) is 1. The monoisotopic (exact) mass is 836 g/mol. The molecule has 62 heavy (non-hydrogen) atoms. The van der Waals surface area contributed by atoms with Crippen LogP contribution in [0.5, 0.6) is 23.0 Å². The molecule has 0 fully saturated rings. The normalized spacial score (nSPS) is 10.3. The van der Waals surface area contributed by atoms with Gasteiger partial charge in [-0.05, 0) is 114 Å². The van der Waals surface area contributed by atoms with Gasteiger partial charge < -0.3 is 14.5 Å². The smallest absolute Gasteiger partial charge is 0.269 e. The molecule has 0 unspecified atom stereocenters. The molecule has 2 heterocycles. The zero-order valence-corrected chi connectivity index (χ0v) is 32.9. The number of nitro groups is 2. The number of rotatable bonds is 10. The van der Waals surface area contributed by atoms with Crippen LogP contribution in [0.1, 0.15) is 11.1 Å². The number of aromatic nitrogens is 2. The number of hydrogen-bond donors (Lipinski definition) is 1. The number of hydrogen-bond acceptors (Lipinski definition) is 10. The molecule has 0 atom stereocenters. The zero-order valence-electron chi connectivity index (χ0n) is 32.1. The molecule has 0 aliphatic rings. The Morgan fingerprint density at radius 1 is 0.548 bits per heavy atom. The van der Waals surface area contributed by atoms with Crippen molar-refractivity contribution in [3.63, 3.8) is 0 Å². The van der Waals surface area contributed by atoms with Gasteiger partial charge in [0.05, 0.1) is 37.5 Å². The van der Waals surface area contributed by atoms with Crippen LogP contribution in [0.15, 0.2) is 175 Å². The molecule has 0 spiro atoms. The summed E-state index contributed by atoms with van der Waals surface area (Å²) in [6.07, 6.45) is 0. The highest BCUT2D eigenvalue weighted by Gasteiger charge is 2.17. The van der Waals surface area contributed by atoms with E-state index in [1.54, 1.807) is 78.9 Å². The third-order valence-corrected chi connectivity index (χ3v) is 9.52. The summed E-state index contributed by atoms with van der Waals surface area (Å²) < 4.78 is 11.6. The van der Waals surface area contributed by atoms with Gasteiger partial charge in [-0.25, -0.2) is 4.98 Å². The highest BCUT2D eigenvalue weighted by molar-refractivity contribution is 6.32. The highest BCUT2D eigenvalue weighted by atomic mass is 35.5. The van der Waals surface area contributed by atoms with E-state index >= 15 is 0 Å². The number of nitrogens with zero attached hydrogens (tertiary/aromatic N) is 5. The fourth-order valence-electron chi connectivity index (χ4n) is 6.16. The van der Waals surface area contributed by atoms with Gasteiger partial charge in [0.1, 0.15) is 40.7 Å². The Balaban J connectivity index is 0.000000186. The summed E-state index contributed by atoms with van der Waals surface area (Å²) in [6.45, 7) is 0. The van der Waals surface area contributed by atoms with Crippen LogP contribution in [0.2, 0.25) is 5.02 Å². The van der Waals surface area contributed by atoms with E-state index in [-0.39, 0.29) is 27.5 Å². The molecule has 0 saturated carbocycles. The Bertz CT molecular complexity index is 3040. The van der Waals surface area contributed by atoms with Crippen LogP contribution in [0.3, 0.4) is 0 Å². The molecule has 8 rings (SSSR count). The summed E-state index contributed by atoms with van der Waals surface area (Å²) in [4.78, 5) is 41.1. The summed E-state index contributed by atoms with van der Waals surface area (Å²) in [5, 5.41) is 41.1. The molecule has 0 bridgehead atoms. The number of ether oxygens (including phenoxy) is 2. The molecule has 1 N–H and O–H groups in total. The van der Waals surface area contributed by atoms with Crippen molar-refractivity contribution in [2.45, 2.75) is 0 Å². The first-order valence-electron chi connectivity index (χ1n) is 18.5. The molecule has 2 aromatic heterocycles. The summed E-state index contributed by atoms with van der Waals surface area (Å²) in [6, 6.07) is 51.7. The lowest BCUT2D eigenvalue weighted by Crippen LogP contribution is -2.09. The molecule has 0 saturated heterocycles. The third-order valence-electron chi connectivity index (χ3n) is 9.22. The van der Waals surface area contributed by atoms with E-state index in [9.17, 15) is 35.5 Å². The van der Waals surface area contributed by atoms with E-state index in [4.69, 9.17) is 21.1 Å². The molecule has 0 amide bonds. The number of nitriles is 2. The maximum Gasteiger partial charge on any atom is 0.269 e. The molecule has 300 valence electrons. The Morgan fingerprint density at radius 2 is 0.984 bits per heavy atom. The van der Waals surface area contributed by atoms with Crippen molar-refractivity contribution in [3.8, 4) is 80.2 Å². The van der Waals surface area contributed by atoms with E-state index in [0.717, 1.165) is 0 Å². The minimum Gasteiger partial charge on any atom is -0.457 e. The van der Waals surface area contributed by atoms with Crippen LogP contribution in [0, 0.1) is 42.9 Å². The number of pyridine rings is 2. The number of non-ortho nitro benzene ring substituents is 2. The van der Waals surface area contributed by atoms with Gasteiger partial charge in [0.25, 0.3) is 11.4 Å². The minimum absolute atomic E-state index is 0.0117. The van der Waals surface area contributed by atoms with Crippen molar-refractivity contribution < 1.29 is 19.3 Å². The van der Waals surface area contributed by atoms with Crippen molar-refractivity contribution in [2.24, 2.45) is 0 Å². The minimum atomic E-state index is -0.490. The first kappa shape index (κ1) is 41.3. The van der Waals surface area contributed by atoms with Gasteiger partial charge in [0.15, 0.2) is 0 Å². The van der Waals surface area contributed by atoms with Crippen LogP contribution in [0.4, 0.5) is 11.4 Å². The second-order valence-corrected chi connectivity index (χ2v) is 13.6. The Morgan fingerprint density at radius 3 is 1.45 bits per heavy atom. The van der Waals surface area contributed by atoms with Crippen LogP contribution >= 0.6 is 11.6 Å². The SMILES string of the molecule is N#Cc1c(-c2ccc(Oc3ccccc3)cc2)[nH]c(-c2ccc([N+](=O)[O-])cc2)cc1=O.N#Cc1c(Cl)cc(-c2ccc([N+](=O)[O-])cc2)nc1-c1ccc(Oc2ccccc2)cc1. The van der Waals surface area contributed by atoms with E-state index in [1.165, 1.54) is 30.3 Å². The maximum atomic E-state index is 12.5. The fraction of sp³-hybridized carbons (Fsp3) is 0. The lowest BCUT2D eigenvalue weighted by molar-refractivity contribution is -0.385. The Hall–Kier alpha value is -8.91. The predicted octanol–water partition coefficient (Wildman–Crippen LogP) is 11.9. The number of aromatic amines is 1. The van der Waals surface area contributed by atoms with Crippen molar-refractivity contribution >= 4 is 23.0 Å². The summed E-state index contributed by atoms with van der Waals surface area (Å²) in [5.74, 6) is 2.67. The predicted molar refractivity (Wildman–Crippen MR) is 234 cm³/mol. The fourth-order valence-corrected chi connectivity index (χ4v) is 6.39. The van der Waals surface area contributed by atoms with Gasteiger partial charge in [-0.3, -0.25) is 25.0 Å². The van der Waals surface area contributed by atoms with Crippen molar-refractivity contribution in [3.05, 3.63) is 216 Å². The van der Waals surface area contributed by atoms with Gasteiger partial charge >= 0.3 is 0 Å². The van der Waals surface area contributed by atoms with Gasteiger partial charge in [-0.1, -0.05) is 48.0 Å². The van der Waals surface area contributed by atoms with E-state index in [1.807, 2.05) is 66.7 Å². The van der Waals surface area contributed by atoms with Crippen molar-refractivity contribution in [1.29, 1.82) is 10.5 Å². The second-order valence-electron chi connectivity index (χ2n) is 13.2. The first-order valence-corrected chi connectivity index (χ1v) is 18.9. The van der Waals surface area contributed by atoms with Crippen LogP contribution < -0.4 is 14.9 Å². The molecule has 0 aliphatic carbocycles. The first-order chi connectivity index (χ1) is 30.1. The van der Waals surface area contributed by atoms with Crippen molar-refractivity contribution in [2.75, 3.05) is 0 Å². The van der Waals surface area contributed by atoms with Gasteiger partial charge in [0.2, 0.25) is 5.43 Å². The zero-order chi connectivity index (χ0) is 43.6. The van der Waals surface area contributed by atoms with Gasteiger partial charge in [0, 0.05) is 47.2 Å².